The molecular weight excluding hydrogens is 378 g/mol. The van der Waals surface area contributed by atoms with Gasteiger partial charge < -0.3 is 10.1 Å². The van der Waals surface area contributed by atoms with Crippen molar-refractivity contribution in [1.82, 2.24) is 10.2 Å². The smallest absolute Gasteiger partial charge is 0.251 e. The second kappa shape index (κ2) is 8.72. The number of nitrogens with two attached hydrogens (primary N) is 1. The Morgan fingerprint density at radius 2 is 1.79 bits per heavy atom. The fraction of sp³-hybridized carbons (Fsp3) is 0.350. The van der Waals surface area contributed by atoms with Gasteiger partial charge in [-0.15, -0.1) is 0 Å². The Balaban J connectivity index is 1.53. The summed E-state index contributed by atoms with van der Waals surface area (Å²) in [6.45, 7) is 2.06. The molecule has 2 aromatic carbocycles. The van der Waals surface area contributed by atoms with Gasteiger partial charge in [-0.25, -0.2) is 13.6 Å². The molecule has 3 rings (SSSR count). The molecule has 150 valence electrons. The van der Waals surface area contributed by atoms with Gasteiger partial charge in [0.2, 0.25) is 10.0 Å². The number of amides is 1. The zero-order valence-corrected chi connectivity index (χ0v) is 16.6. The maximum atomic E-state index is 11.6. The van der Waals surface area contributed by atoms with Crippen LogP contribution in [0, 0.1) is 0 Å². The number of ether oxygens (including phenoxy) is 1. The summed E-state index contributed by atoms with van der Waals surface area (Å²) in [6, 6.07) is 14.3. The van der Waals surface area contributed by atoms with Crippen LogP contribution in [-0.2, 0) is 16.6 Å². The van der Waals surface area contributed by atoms with Crippen LogP contribution in [0.1, 0.15) is 28.8 Å². The molecule has 7 nitrogen and oxygen atoms in total. The maximum absolute atomic E-state index is 11.6. The Kier molecular flexibility index (Phi) is 6.33. The fourth-order valence-corrected chi connectivity index (χ4v) is 3.49. The number of carbonyl (C=O) groups excluding carboxylic acids is 1. The van der Waals surface area contributed by atoms with Crippen molar-refractivity contribution in [3.05, 3.63) is 59.7 Å². The average Bonchev–Trinajstić information content (AvgIpc) is 3.52. The first kappa shape index (κ1) is 20.3. The number of rotatable bonds is 9. The quantitative estimate of drug-likeness (QED) is 0.664. The highest BCUT2D eigenvalue weighted by molar-refractivity contribution is 7.89. The molecule has 0 bridgehead atoms. The highest BCUT2D eigenvalue weighted by atomic mass is 32.2. The van der Waals surface area contributed by atoms with E-state index in [9.17, 15) is 13.2 Å². The zero-order chi connectivity index (χ0) is 20.1. The molecule has 0 aromatic heterocycles. The SMILES string of the molecule is CNC(=O)c1ccc(CN(CCOc2ccc(S(N)(=O)=O)cc2)C2CC2)cc1. The molecule has 1 aliphatic carbocycles. The summed E-state index contributed by atoms with van der Waals surface area (Å²) in [5.74, 6) is 0.519. The summed E-state index contributed by atoms with van der Waals surface area (Å²) >= 11 is 0. The lowest BCUT2D eigenvalue weighted by Crippen LogP contribution is -2.30. The van der Waals surface area contributed by atoms with Crippen LogP contribution in [-0.4, -0.2) is 45.5 Å². The molecule has 28 heavy (non-hydrogen) atoms. The van der Waals surface area contributed by atoms with Gasteiger partial charge in [0.05, 0.1) is 4.90 Å². The summed E-state index contributed by atoms with van der Waals surface area (Å²) < 4.78 is 28.3. The van der Waals surface area contributed by atoms with Crippen molar-refractivity contribution in [2.75, 3.05) is 20.2 Å². The van der Waals surface area contributed by atoms with Crippen LogP contribution >= 0.6 is 0 Å². The first-order valence-electron chi connectivity index (χ1n) is 9.17. The number of hydrogen-bond donors (Lipinski definition) is 2. The Morgan fingerprint density at radius 1 is 1.14 bits per heavy atom. The molecule has 0 aliphatic heterocycles. The molecule has 0 saturated heterocycles. The number of sulfonamides is 1. The molecule has 1 saturated carbocycles. The lowest BCUT2D eigenvalue weighted by atomic mass is 10.1. The number of benzene rings is 2. The molecule has 2 aromatic rings. The highest BCUT2D eigenvalue weighted by Crippen LogP contribution is 2.28. The predicted molar refractivity (Wildman–Crippen MR) is 107 cm³/mol. The van der Waals surface area contributed by atoms with Gasteiger partial charge in [0, 0.05) is 31.7 Å². The average molecular weight is 404 g/mol. The number of primary sulfonamides is 1. The lowest BCUT2D eigenvalue weighted by Gasteiger charge is -2.22. The molecule has 3 N–H and O–H groups in total. The monoisotopic (exact) mass is 403 g/mol. The van der Waals surface area contributed by atoms with E-state index in [1.165, 1.54) is 25.0 Å². The van der Waals surface area contributed by atoms with Crippen LogP contribution in [0.5, 0.6) is 5.75 Å². The van der Waals surface area contributed by atoms with E-state index < -0.39 is 10.0 Å². The summed E-state index contributed by atoms with van der Waals surface area (Å²) in [4.78, 5) is 14.1. The van der Waals surface area contributed by atoms with E-state index in [-0.39, 0.29) is 10.8 Å². The second-order valence-corrected chi connectivity index (χ2v) is 8.40. The van der Waals surface area contributed by atoms with Gasteiger partial charge in [-0.3, -0.25) is 9.69 Å². The summed E-state index contributed by atoms with van der Waals surface area (Å²) in [5, 5.41) is 7.72. The van der Waals surface area contributed by atoms with Crippen LogP contribution in [0.3, 0.4) is 0 Å². The molecule has 0 atom stereocenters. The van der Waals surface area contributed by atoms with Crippen LogP contribution in [0.2, 0.25) is 0 Å². The molecular formula is C20H25N3O4S. The minimum atomic E-state index is -3.69. The van der Waals surface area contributed by atoms with Crippen molar-refractivity contribution in [2.24, 2.45) is 5.14 Å². The second-order valence-electron chi connectivity index (χ2n) is 6.84. The third kappa shape index (κ3) is 5.54. The summed E-state index contributed by atoms with van der Waals surface area (Å²) in [5.41, 5.74) is 1.80. The zero-order valence-electron chi connectivity index (χ0n) is 15.8. The van der Waals surface area contributed by atoms with Crippen molar-refractivity contribution < 1.29 is 17.9 Å². The van der Waals surface area contributed by atoms with Gasteiger partial charge >= 0.3 is 0 Å². The Morgan fingerprint density at radius 3 is 2.32 bits per heavy atom. The van der Waals surface area contributed by atoms with E-state index in [2.05, 4.69) is 10.2 Å². The van der Waals surface area contributed by atoms with Gasteiger partial charge in [0.15, 0.2) is 0 Å². The summed E-state index contributed by atoms with van der Waals surface area (Å²) in [6.07, 6.45) is 2.36. The van der Waals surface area contributed by atoms with Crippen LogP contribution in [0.25, 0.3) is 0 Å². The minimum absolute atomic E-state index is 0.0691. The topological polar surface area (TPSA) is 102 Å². The molecule has 0 unspecified atom stereocenters. The van der Waals surface area contributed by atoms with Crippen molar-refractivity contribution in [1.29, 1.82) is 0 Å². The van der Waals surface area contributed by atoms with Crippen molar-refractivity contribution in [2.45, 2.75) is 30.3 Å². The number of nitrogens with one attached hydrogen (secondary N) is 1. The Labute approximate surface area is 165 Å². The largest absolute Gasteiger partial charge is 0.492 e. The number of nitrogens with zero attached hydrogens (tertiary/aromatic N) is 1. The van der Waals surface area contributed by atoms with E-state index in [0.717, 1.165) is 18.7 Å². The van der Waals surface area contributed by atoms with Crippen LogP contribution in [0.4, 0.5) is 0 Å². The molecule has 8 heteroatoms. The third-order valence-corrected chi connectivity index (χ3v) is 5.62. The van der Waals surface area contributed by atoms with E-state index in [0.29, 0.717) is 24.0 Å². The van der Waals surface area contributed by atoms with E-state index in [1.54, 1.807) is 19.2 Å². The molecule has 1 amide bonds. The molecule has 0 spiro atoms. The van der Waals surface area contributed by atoms with E-state index in [1.807, 2.05) is 24.3 Å². The van der Waals surface area contributed by atoms with Gasteiger partial charge in [-0.1, -0.05) is 12.1 Å². The first-order chi connectivity index (χ1) is 13.4. The Hall–Kier alpha value is -2.42. The van der Waals surface area contributed by atoms with Crippen molar-refractivity contribution in [3.63, 3.8) is 0 Å². The van der Waals surface area contributed by atoms with Crippen molar-refractivity contribution >= 4 is 15.9 Å². The summed E-state index contributed by atoms with van der Waals surface area (Å²) in [7, 11) is -2.07. The van der Waals surface area contributed by atoms with Crippen molar-refractivity contribution in [3.8, 4) is 5.75 Å². The van der Waals surface area contributed by atoms with Gasteiger partial charge in [-0.2, -0.15) is 0 Å². The third-order valence-electron chi connectivity index (χ3n) is 4.69. The van der Waals surface area contributed by atoms with Gasteiger partial charge in [0.25, 0.3) is 5.91 Å². The van der Waals surface area contributed by atoms with Crippen LogP contribution in [0.15, 0.2) is 53.4 Å². The number of hydrogen-bond acceptors (Lipinski definition) is 5. The molecule has 1 aliphatic rings. The molecule has 0 radical (unpaired) electrons. The molecule has 0 heterocycles. The van der Waals surface area contributed by atoms with Gasteiger partial charge in [0.1, 0.15) is 12.4 Å². The number of carbonyl (C=O) groups is 1. The van der Waals surface area contributed by atoms with E-state index >= 15 is 0 Å². The highest BCUT2D eigenvalue weighted by Gasteiger charge is 2.28. The standard InChI is InChI=1S/C20H25N3O4S/c1-22-20(24)16-4-2-15(3-5-16)14-23(17-6-7-17)12-13-27-18-8-10-19(11-9-18)28(21,25)26/h2-5,8-11,17H,6-7,12-14H2,1H3,(H,22,24)(H2,21,25,26). The Bertz CT molecular complexity index is 907. The van der Waals surface area contributed by atoms with Gasteiger partial charge in [-0.05, 0) is 54.8 Å². The normalized spacial score (nSPS) is 14.1. The fourth-order valence-electron chi connectivity index (χ4n) is 2.98. The van der Waals surface area contributed by atoms with E-state index in [4.69, 9.17) is 9.88 Å². The predicted octanol–water partition coefficient (Wildman–Crippen LogP) is 1.74. The lowest BCUT2D eigenvalue weighted by molar-refractivity contribution is 0.0963. The maximum Gasteiger partial charge on any atom is 0.251 e. The van der Waals surface area contributed by atoms with Crippen LogP contribution < -0.4 is 15.2 Å². The first-order valence-corrected chi connectivity index (χ1v) is 10.7. The molecule has 1 fully saturated rings. The minimum Gasteiger partial charge on any atom is -0.492 e.